The van der Waals surface area contributed by atoms with E-state index >= 15 is 0 Å². The normalized spacial score (nSPS) is 16.4. The van der Waals surface area contributed by atoms with Gasteiger partial charge in [0.2, 0.25) is 5.89 Å². The molecule has 4 saturated heterocycles. The van der Waals surface area contributed by atoms with Crippen molar-refractivity contribution >= 4 is 35.1 Å². The average molecular weight is 906 g/mol. The first-order valence-electron chi connectivity index (χ1n) is 20.4. The topological polar surface area (TPSA) is 151 Å². The van der Waals surface area contributed by atoms with E-state index in [4.69, 9.17) is 13.9 Å². The number of rotatable bonds is 12. The van der Waals surface area contributed by atoms with E-state index in [1.807, 2.05) is 24.3 Å². The number of alkyl halides is 4. The molecule has 0 atom stereocenters. The van der Waals surface area contributed by atoms with Crippen LogP contribution in [0.25, 0.3) is 11.5 Å². The highest BCUT2D eigenvalue weighted by Gasteiger charge is 2.52. The number of carbonyl (C=O) groups is 4. The lowest BCUT2D eigenvalue weighted by atomic mass is 9.78. The number of urea groups is 2. The van der Waals surface area contributed by atoms with Gasteiger partial charge in [-0.3, -0.25) is 19.4 Å². The monoisotopic (exact) mass is 905 g/mol. The number of nitrogens with one attached hydrogen (secondary N) is 1. The molecule has 0 unspecified atom stereocenters. The molecule has 14 nitrogen and oxygen atoms in total. The Morgan fingerprint density at radius 2 is 1.15 bits per heavy atom. The summed E-state index contributed by atoms with van der Waals surface area (Å²) in [5.41, 5.74) is 1.89. The lowest BCUT2D eigenvalue weighted by Crippen LogP contribution is -2.68. The fourth-order valence-corrected chi connectivity index (χ4v) is 7.82. The summed E-state index contributed by atoms with van der Waals surface area (Å²) < 4.78 is 95.0. The number of Topliss-reactive ketones (excluding diaryl/α,β-unsaturated/α-hetero) is 1. The molecule has 340 valence electrons. The number of aromatic nitrogens is 2. The van der Waals surface area contributed by atoms with Gasteiger partial charge < -0.3 is 29.0 Å². The minimum Gasteiger partial charge on any atom is -0.415 e. The summed E-state index contributed by atoms with van der Waals surface area (Å²) >= 11 is 0. The van der Waals surface area contributed by atoms with Gasteiger partial charge in [0.15, 0.2) is 5.78 Å². The van der Waals surface area contributed by atoms with E-state index in [0.29, 0.717) is 64.0 Å². The van der Waals surface area contributed by atoms with Crippen LogP contribution in [0.4, 0.5) is 47.3 Å². The number of ketones is 1. The Morgan fingerprint density at radius 1 is 0.662 bits per heavy atom. The molecule has 9 rings (SSSR count). The standard InChI is InChI=1S/C23H22F3N3O4.C22H19F3N4O3/c24-18-8-15(19(30)9-27-21(31)20(25)26)6-7-16(18)10-29(17-4-2-1-3-5-17)22(32)28-11-23(12-28)13-33-14-23;23-17-8-14(19-26-27-20(32-19)18(24)25)6-7-15(17)9-29(16-4-2-1-3-5-16)21(30)28-10-22(11-28)12-31-13-22/h1-8,20H,9-14H2,(H,27,31);1-8,18H,9-13H2. The van der Waals surface area contributed by atoms with E-state index < -0.39 is 48.6 Å². The van der Waals surface area contributed by atoms with Gasteiger partial charge in [-0.05, 0) is 42.5 Å². The first-order valence-corrected chi connectivity index (χ1v) is 20.4. The number of anilines is 2. The van der Waals surface area contributed by atoms with E-state index in [1.54, 1.807) is 51.5 Å². The molecule has 5 amide bonds. The van der Waals surface area contributed by atoms with Gasteiger partial charge in [-0.1, -0.05) is 54.6 Å². The van der Waals surface area contributed by atoms with Crippen LogP contribution in [0.3, 0.4) is 0 Å². The fraction of sp³-hybridized carbons (Fsp3) is 0.333. The molecule has 0 aliphatic carbocycles. The quantitative estimate of drug-likeness (QED) is 0.102. The van der Waals surface area contributed by atoms with Crippen LogP contribution < -0.4 is 15.1 Å². The second-order valence-corrected chi connectivity index (χ2v) is 16.4. The molecule has 0 saturated carbocycles. The number of halogens is 6. The number of hydrogen-bond donors (Lipinski definition) is 1. The van der Waals surface area contributed by atoms with E-state index in [1.165, 1.54) is 34.1 Å². The number of amides is 5. The summed E-state index contributed by atoms with van der Waals surface area (Å²) in [6, 6.07) is 25.2. The molecule has 65 heavy (non-hydrogen) atoms. The third-order valence-electron chi connectivity index (χ3n) is 11.5. The zero-order valence-corrected chi connectivity index (χ0v) is 34.5. The molecule has 20 heteroatoms. The third kappa shape index (κ3) is 9.82. The Balaban J connectivity index is 0.000000177. The van der Waals surface area contributed by atoms with Crippen molar-refractivity contribution in [2.24, 2.45) is 10.8 Å². The number of carbonyl (C=O) groups excluding carboxylic acids is 4. The van der Waals surface area contributed by atoms with Crippen molar-refractivity contribution in [3.63, 3.8) is 0 Å². The zero-order chi connectivity index (χ0) is 45.9. The highest BCUT2D eigenvalue weighted by Crippen LogP contribution is 2.40. The molecule has 1 aromatic heterocycles. The van der Waals surface area contributed by atoms with Gasteiger partial charge in [0.05, 0.1) is 56.9 Å². The van der Waals surface area contributed by atoms with Crippen LogP contribution in [0, 0.1) is 22.5 Å². The number of likely N-dealkylation sites (tertiary alicyclic amines) is 2. The number of para-hydroxylation sites is 2. The molecule has 4 aliphatic rings. The Hall–Kier alpha value is -6.80. The maximum atomic E-state index is 14.9. The molecule has 1 N–H and O–H groups in total. The minimum absolute atomic E-state index is 0.00107. The van der Waals surface area contributed by atoms with Crippen molar-refractivity contribution in [3.8, 4) is 11.5 Å². The minimum atomic E-state index is -3.24. The third-order valence-corrected chi connectivity index (χ3v) is 11.5. The Labute approximate surface area is 367 Å². The molecule has 5 aromatic rings. The predicted molar refractivity (Wildman–Crippen MR) is 220 cm³/mol. The SMILES string of the molecule is O=C(CNC(=O)C(F)F)c1ccc(CN(C(=O)N2CC3(COC3)C2)c2ccccc2)c(F)c1.O=C(N1CC2(COC2)C1)N(Cc1ccc(-c2nnc(C(F)F)o2)cc1F)c1ccccc1. The maximum Gasteiger partial charge on any atom is 0.324 e. The molecule has 4 aliphatic heterocycles. The van der Waals surface area contributed by atoms with Crippen LogP contribution in [0.1, 0.15) is 33.8 Å². The van der Waals surface area contributed by atoms with Crippen LogP contribution in [0.5, 0.6) is 0 Å². The molecule has 0 bridgehead atoms. The smallest absolute Gasteiger partial charge is 0.324 e. The maximum absolute atomic E-state index is 14.9. The number of ether oxygens (including phenoxy) is 2. The van der Waals surface area contributed by atoms with Gasteiger partial charge in [0, 0.05) is 59.8 Å². The van der Waals surface area contributed by atoms with Crippen molar-refractivity contribution in [2.75, 3.05) is 69.0 Å². The fourth-order valence-electron chi connectivity index (χ4n) is 7.82. The van der Waals surface area contributed by atoms with Gasteiger partial charge in [-0.25, -0.2) is 18.4 Å². The Bertz CT molecular complexity index is 2530. The molecule has 4 aromatic carbocycles. The second kappa shape index (κ2) is 18.7. The zero-order valence-electron chi connectivity index (χ0n) is 34.5. The molecular weight excluding hydrogens is 865 g/mol. The van der Waals surface area contributed by atoms with Crippen LogP contribution >= 0.6 is 0 Å². The molecule has 0 radical (unpaired) electrons. The molecule has 4 fully saturated rings. The molecule has 2 spiro atoms. The summed E-state index contributed by atoms with van der Waals surface area (Å²) in [5, 5.41) is 8.59. The van der Waals surface area contributed by atoms with Crippen LogP contribution in [-0.4, -0.2) is 109 Å². The largest absolute Gasteiger partial charge is 0.415 e. The average Bonchev–Trinajstić information content (AvgIpc) is 3.74. The van der Waals surface area contributed by atoms with Crippen LogP contribution in [-0.2, 0) is 27.4 Å². The van der Waals surface area contributed by atoms with E-state index in [-0.39, 0.29) is 64.1 Å². The van der Waals surface area contributed by atoms with Crippen molar-refractivity contribution in [1.82, 2.24) is 25.3 Å². The number of hydrogen-bond acceptors (Lipinski definition) is 9. The van der Waals surface area contributed by atoms with Crippen LogP contribution in [0.2, 0.25) is 0 Å². The van der Waals surface area contributed by atoms with Gasteiger partial charge in [0.25, 0.3) is 11.8 Å². The number of benzene rings is 4. The first kappa shape index (κ1) is 44.8. The van der Waals surface area contributed by atoms with Gasteiger partial charge in [-0.15, -0.1) is 10.2 Å². The molecule has 5 heterocycles. The predicted octanol–water partition coefficient (Wildman–Crippen LogP) is 7.12. The van der Waals surface area contributed by atoms with E-state index in [2.05, 4.69) is 10.2 Å². The summed E-state index contributed by atoms with van der Waals surface area (Å²) in [6.45, 7) is 4.21. The van der Waals surface area contributed by atoms with Crippen molar-refractivity contribution < 1.29 is 59.4 Å². The van der Waals surface area contributed by atoms with Gasteiger partial charge >= 0.3 is 24.9 Å². The van der Waals surface area contributed by atoms with Gasteiger partial charge in [0.1, 0.15) is 11.6 Å². The summed E-state index contributed by atoms with van der Waals surface area (Å²) in [5.74, 6) is -4.63. The highest BCUT2D eigenvalue weighted by atomic mass is 19.3. The Morgan fingerprint density at radius 3 is 1.57 bits per heavy atom. The van der Waals surface area contributed by atoms with E-state index in [9.17, 15) is 45.5 Å². The van der Waals surface area contributed by atoms with Crippen LogP contribution in [0.15, 0.2) is 101 Å². The van der Waals surface area contributed by atoms with E-state index in [0.717, 1.165) is 12.1 Å². The summed E-state index contributed by atoms with van der Waals surface area (Å²) in [7, 11) is 0. The second-order valence-electron chi connectivity index (χ2n) is 16.4. The summed E-state index contributed by atoms with van der Waals surface area (Å²) in [4.78, 5) is 55.8. The summed E-state index contributed by atoms with van der Waals surface area (Å²) in [6.07, 6.45) is -6.14. The van der Waals surface area contributed by atoms with Gasteiger partial charge in [-0.2, -0.15) is 17.6 Å². The first-order chi connectivity index (χ1) is 31.2. The number of nitrogens with zero attached hydrogens (tertiary/aromatic N) is 6. The highest BCUT2D eigenvalue weighted by molar-refractivity contribution is 5.99. The molecular formula is C45H41F6N7O7. The van der Waals surface area contributed by atoms with Crippen molar-refractivity contribution in [2.45, 2.75) is 25.9 Å². The van der Waals surface area contributed by atoms with Crippen molar-refractivity contribution in [3.05, 3.63) is 131 Å². The Kier molecular flexibility index (Phi) is 12.9. The lowest BCUT2D eigenvalue weighted by Gasteiger charge is -2.55. The van der Waals surface area contributed by atoms with Crippen molar-refractivity contribution in [1.29, 1.82) is 0 Å². The lowest BCUT2D eigenvalue weighted by molar-refractivity contribution is -0.174.